The van der Waals surface area contributed by atoms with Crippen molar-refractivity contribution in [2.75, 3.05) is 32.2 Å². The van der Waals surface area contributed by atoms with Crippen LogP contribution < -0.4 is 19.7 Å². The number of para-hydroxylation sites is 1. The van der Waals surface area contributed by atoms with Crippen molar-refractivity contribution >= 4 is 23.4 Å². The highest BCUT2D eigenvalue weighted by Gasteiger charge is 2.49. The van der Waals surface area contributed by atoms with E-state index in [4.69, 9.17) is 9.47 Å². The molecule has 2 aliphatic heterocycles. The number of carbonyl (C=O) groups is 3. The quantitative estimate of drug-likeness (QED) is 0.499. The van der Waals surface area contributed by atoms with E-state index in [1.54, 1.807) is 40.1 Å². The summed E-state index contributed by atoms with van der Waals surface area (Å²) in [6.07, 6.45) is 4.01. The predicted molar refractivity (Wildman–Crippen MR) is 133 cm³/mol. The van der Waals surface area contributed by atoms with Gasteiger partial charge >= 0.3 is 0 Å². The Bertz CT molecular complexity index is 1300. The van der Waals surface area contributed by atoms with E-state index >= 15 is 0 Å². The third kappa shape index (κ3) is 3.96. The normalized spacial score (nSPS) is 15.9. The summed E-state index contributed by atoms with van der Waals surface area (Å²) in [5.41, 5.74) is 2.08. The van der Waals surface area contributed by atoms with E-state index in [0.717, 1.165) is 0 Å². The highest BCUT2D eigenvalue weighted by Crippen LogP contribution is 2.49. The molecule has 1 N–H and O–H groups in total. The molecule has 2 aromatic carbocycles. The zero-order valence-electron chi connectivity index (χ0n) is 20.3. The van der Waals surface area contributed by atoms with Gasteiger partial charge in [-0.2, -0.15) is 0 Å². The number of nitrogens with zero attached hydrogens (tertiary/aromatic N) is 3. The number of hydrogen-bond donors (Lipinski definition) is 1. The van der Waals surface area contributed by atoms with E-state index in [1.807, 2.05) is 35.2 Å². The van der Waals surface area contributed by atoms with E-state index in [1.165, 1.54) is 14.2 Å². The summed E-state index contributed by atoms with van der Waals surface area (Å²) in [4.78, 5) is 43.0. The van der Waals surface area contributed by atoms with Crippen LogP contribution in [0.1, 0.15) is 45.3 Å². The Morgan fingerprint density at radius 1 is 0.944 bits per heavy atom. The minimum Gasteiger partial charge on any atom is -0.493 e. The van der Waals surface area contributed by atoms with Gasteiger partial charge in [-0.3, -0.25) is 19.3 Å². The van der Waals surface area contributed by atoms with Crippen LogP contribution in [0.5, 0.6) is 11.5 Å². The molecule has 0 saturated carbocycles. The van der Waals surface area contributed by atoms with Gasteiger partial charge in [-0.05, 0) is 36.8 Å². The molecule has 9 heteroatoms. The number of rotatable bonds is 9. The molecule has 0 saturated heterocycles. The number of benzene rings is 2. The lowest BCUT2D eigenvalue weighted by Gasteiger charge is -2.41. The highest BCUT2D eigenvalue weighted by atomic mass is 16.5. The zero-order chi connectivity index (χ0) is 25.2. The molecule has 0 unspecified atom stereocenters. The summed E-state index contributed by atoms with van der Waals surface area (Å²) >= 11 is 0. The van der Waals surface area contributed by atoms with Crippen molar-refractivity contribution < 1.29 is 23.9 Å². The topological polar surface area (TPSA) is 93.1 Å². The van der Waals surface area contributed by atoms with Crippen LogP contribution in [0.4, 0.5) is 5.69 Å². The number of nitrogens with one attached hydrogen (secondary N) is 1. The number of carbonyl (C=O) groups excluding carboxylic acids is 3. The summed E-state index contributed by atoms with van der Waals surface area (Å²) in [7, 11) is 3.01. The van der Waals surface area contributed by atoms with Gasteiger partial charge in [-0.25, -0.2) is 0 Å². The first-order valence-electron chi connectivity index (χ1n) is 11.9. The number of anilines is 1. The fourth-order valence-electron chi connectivity index (χ4n) is 4.99. The number of amides is 3. The zero-order valence-corrected chi connectivity index (χ0v) is 20.3. The molecule has 1 atom stereocenters. The van der Waals surface area contributed by atoms with Gasteiger partial charge in [0.2, 0.25) is 5.91 Å². The van der Waals surface area contributed by atoms with Crippen LogP contribution >= 0.6 is 0 Å². The second-order valence-corrected chi connectivity index (χ2v) is 8.70. The van der Waals surface area contributed by atoms with Gasteiger partial charge in [0.05, 0.1) is 31.0 Å². The van der Waals surface area contributed by atoms with Gasteiger partial charge in [-0.1, -0.05) is 18.2 Å². The molecule has 0 aliphatic carbocycles. The Labute approximate surface area is 209 Å². The first-order valence-corrected chi connectivity index (χ1v) is 11.9. The molecule has 0 spiro atoms. The summed E-state index contributed by atoms with van der Waals surface area (Å²) in [5, 5.41) is 2.92. The first-order chi connectivity index (χ1) is 17.5. The highest BCUT2D eigenvalue weighted by molar-refractivity contribution is 6.18. The van der Waals surface area contributed by atoms with Gasteiger partial charge in [0.25, 0.3) is 11.8 Å². The first kappa shape index (κ1) is 23.5. The van der Waals surface area contributed by atoms with Crippen molar-refractivity contribution in [1.29, 1.82) is 0 Å². The van der Waals surface area contributed by atoms with Crippen LogP contribution in [0, 0.1) is 0 Å². The van der Waals surface area contributed by atoms with Crippen molar-refractivity contribution in [2.24, 2.45) is 0 Å². The fourth-order valence-corrected chi connectivity index (χ4v) is 4.99. The molecule has 9 nitrogen and oxygen atoms in total. The Hall–Kier alpha value is -4.27. The van der Waals surface area contributed by atoms with Gasteiger partial charge < -0.3 is 24.3 Å². The Morgan fingerprint density at radius 3 is 2.47 bits per heavy atom. The van der Waals surface area contributed by atoms with E-state index in [-0.39, 0.29) is 24.1 Å². The molecule has 0 fully saturated rings. The third-order valence-electron chi connectivity index (χ3n) is 6.64. The van der Waals surface area contributed by atoms with Crippen molar-refractivity contribution in [2.45, 2.75) is 25.6 Å². The average molecular weight is 489 g/mol. The lowest BCUT2D eigenvalue weighted by Crippen LogP contribution is -2.48. The average Bonchev–Trinajstić information content (AvgIpc) is 3.52. The van der Waals surface area contributed by atoms with E-state index in [0.29, 0.717) is 59.9 Å². The molecule has 1 aromatic heterocycles. The van der Waals surface area contributed by atoms with E-state index < -0.39 is 6.17 Å². The van der Waals surface area contributed by atoms with Crippen LogP contribution in [0.3, 0.4) is 0 Å². The van der Waals surface area contributed by atoms with E-state index in [2.05, 4.69) is 5.32 Å². The molecule has 36 heavy (non-hydrogen) atoms. The van der Waals surface area contributed by atoms with Crippen LogP contribution in [-0.4, -0.2) is 54.5 Å². The predicted octanol–water partition coefficient (Wildman–Crippen LogP) is 3.22. The SMILES string of the molecule is COc1ccc2c(c1OC)C(=O)N1c3ccccc3C(=O)N(CCCC(=O)NCCn3cccc3)[C@H]21. The molecule has 186 valence electrons. The molecule has 5 rings (SSSR count). The molecule has 0 radical (unpaired) electrons. The second-order valence-electron chi connectivity index (χ2n) is 8.70. The smallest absolute Gasteiger partial charge is 0.264 e. The molecule has 2 aliphatic rings. The van der Waals surface area contributed by atoms with E-state index in [9.17, 15) is 14.4 Å². The molecule has 3 aromatic rings. The Balaban J connectivity index is 1.37. The van der Waals surface area contributed by atoms with Gasteiger partial charge in [0.1, 0.15) is 6.17 Å². The second kappa shape index (κ2) is 9.77. The Morgan fingerprint density at radius 2 is 1.72 bits per heavy atom. The largest absolute Gasteiger partial charge is 0.493 e. The number of aromatic nitrogens is 1. The van der Waals surface area contributed by atoms with Crippen LogP contribution in [0.15, 0.2) is 60.9 Å². The Kier molecular flexibility index (Phi) is 6.37. The van der Waals surface area contributed by atoms with Crippen LogP contribution in [0.2, 0.25) is 0 Å². The molecular formula is C27H28N4O5. The minimum absolute atomic E-state index is 0.0711. The van der Waals surface area contributed by atoms with Crippen LogP contribution in [0.25, 0.3) is 0 Å². The lowest BCUT2D eigenvalue weighted by molar-refractivity contribution is -0.121. The maximum absolute atomic E-state index is 13.7. The van der Waals surface area contributed by atoms with Crippen molar-refractivity contribution in [3.05, 3.63) is 77.6 Å². The molecule has 3 amide bonds. The van der Waals surface area contributed by atoms with Crippen molar-refractivity contribution in [3.8, 4) is 11.5 Å². The minimum atomic E-state index is -0.619. The van der Waals surface area contributed by atoms with Crippen molar-refractivity contribution in [3.63, 3.8) is 0 Å². The summed E-state index contributed by atoms with van der Waals surface area (Å²) in [5.74, 6) is 0.306. The monoisotopic (exact) mass is 488 g/mol. The van der Waals surface area contributed by atoms with Crippen LogP contribution in [-0.2, 0) is 11.3 Å². The van der Waals surface area contributed by atoms with Crippen molar-refractivity contribution in [1.82, 2.24) is 14.8 Å². The maximum atomic E-state index is 13.7. The molecular weight excluding hydrogens is 460 g/mol. The number of ether oxygens (including phenoxy) is 2. The standard InChI is InChI=1S/C27H28N4O5/c1-35-21-12-11-19-23(24(21)36-2)27(34)31-20-9-4-3-8-18(20)26(33)30(25(19)31)16-7-10-22(32)28-13-17-29-14-5-6-15-29/h3-6,8-9,11-12,14-15,25H,7,10,13,16-17H2,1-2H3,(H,28,32)/t25-/m0/s1. The number of hydrogen-bond acceptors (Lipinski definition) is 5. The fraction of sp³-hybridized carbons (Fsp3) is 0.296. The third-order valence-corrected chi connectivity index (χ3v) is 6.64. The summed E-state index contributed by atoms with van der Waals surface area (Å²) in [6.45, 7) is 1.55. The van der Waals surface area contributed by atoms with Gasteiger partial charge in [0, 0.05) is 44.0 Å². The number of fused-ring (bicyclic) bond motifs is 5. The summed E-state index contributed by atoms with van der Waals surface area (Å²) in [6, 6.07) is 14.5. The summed E-state index contributed by atoms with van der Waals surface area (Å²) < 4.78 is 13.0. The molecule has 0 bridgehead atoms. The lowest BCUT2D eigenvalue weighted by atomic mass is 10.0. The van der Waals surface area contributed by atoms with Gasteiger partial charge in [-0.15, -0.1) is 0 Å². The van der Waals surface area contributed by atoms with Gasteiger partial charge in [0.15, 0.2) is 11.5 Å². The maximum Gasteiger partial charge on any atom is 0.264 e. The number of methoxy groups -OCH3 is 2. The molecule has 3 heterocycles.